The molecule has 0 unspecified atom stereocenters. The molecule has 0 spiro atoms. The van der Waals surface area contributed by atoms with Crippen LogP contribution < -0.4 is 5.56 Å². The van der Waals surface area contributed by atoms with E-state index in [9.17, 15) is 9.18 Å². The Morgan fingerprint density at radius 1 is 1.00 bits per heavy atom. The Balaban J connectivity index is 1.53. The third-order valence-electron chi connectivity index (χ3n) is 5.49. The van der Waals surface area contributed by atoms with Gasteiger partial charge in [-0.05, 0) is 42.3 Å². The number of benzene rings is 3. The van der Waals surface area contributed by atoms with Crippen molar-refractivity contribution in [3.8, 4) is 5.69 Å². The smallest absolute Gasteiger partial charge is 0.266 e. The van der Waals surface area contributed by atoms with Gasteiger partial charge in [-0.25, -0.2) is 14.4 Å². The molecule has 3 aromatic carbocycles. The molecule has 0 saturated carbocycles. The highest BCUT2D eigenvalue weighted by molar-refractivity contribution is 7.98. The van der Waals surface area contributed by atoms with Crippen molar-refractivity contribution in [1.82, 2.24) is 19.1 Å². The van der Waals surface area contributed by atoms with E-state index < -0.39 is 0 Å². The summed E-state index contributed by atoms with van der Waals surface area (Å²) in [6, 6.07) is 22.2. The maximum atomic E-state index is 14.4. The van der Waals surface area contributed by atoms with E-state index in [2.05, 4.69) is 21.7 Å². The number of aryl methyl sites for hydroxylation is 1. The lowest BCUT2D eigenvalue weighted by Crippen LogP contribution is -2.22. The highest BCUT2D eigenvalue weighted by atomic mass is 32.2. The molecule has 5 nitrogen and oxygen atoms in total. The Kier molecular flexibility index (Phi) is 5.79. The number of nitrogens with zero attached hydrogens (tertiary/aromatic N) is 4. The van der Waals surface area contributed by atoms with E-state index >= 15 is 0 Å². The number of hydrogen-bond donors (Lipinski definition) is 0. The lowest BCUT2D eigenvalue weighted by Gasteiger charge is -2.14. The van der Waals surface area contributed by atoms with Crippen LogP contribution in [0.2, 0.25) is 0 Å². The summed E-state index contributed by atoms with van der Waals surface area (Å²) < 4.78 is 17.9. The van der Waals surface area contributed by atoms with Gasteiger partial charge in [-0.2, -0.15) is 0 Å². The number of thioether (sulfide) groups is 1. The largest absolute Gasteiger partial charge is 0.330 e. The molecular weight excluding hydrogens is 435 g/mol. The maximum Gasteiger partial charge on any atom is 0.266 e. The van der Waals surface area contributed by atoms with E-state index in [4.69, 9.17) is 4.98 Å². The number of hydrogen-bond acceptors (Lipinski definition) is 4. The zero-order chi connectivity index (χ0) is 22.8. The van der Waals surface area contributed by atoms with Crippen LogP contribution in [0.3, 0.4) is 0 Å². The first-order chi connectivity index (χ1) is 16.1. The summed E-state index contributed by atoms with van der Waals surface area (Å²) in [5.74, 6) is 1.02. The number of rotatable bonds is 6. The molecule has 33 heavy (non-hydrogen) atoms. The van der Waals surface area contributed by atoms with Crippen molar-refractivity contribution >= 4 is 22.7 Å². The van der Waals surface area contributed by atoms with Crippen LogP contribution in [0.4, 0.5) is 4.39 Å². The molecule has 5 aromatic rings. The minimum Gasteiger partial charge on any atom is -0.330 e. The van der Waals surface area contributed by atoms with Crippen molar-refractivity contribution in [2.24, 2.45) is 0 Å². The number of para-hydroxylation sites is 1. The Morgan fingerprint density at radius 2 is 1.79 bits per heavy atom. The molecular formula is C26H21FN4OS. The van der Waals surface area contributed by atoms with Crippen LogP contribution in [0, 0.1) is 12.7 Å². The third kappa shape index (κ3) is 4.32. The Hall–Kier alpha value is -3.71. The Labute approximate surface area is 194 Å². The van der Waals surface area contributed by atoms with Crippen molar-refractivity contribution in [3.05, 3.63) is 118 Å². The standard InChI is InChI=1S/C26H21FN4OS/c1-18-11-12-20(15-22(18)27)31-25(32)21-9-5-6-10-23(21)29-26(31)33-17-24-28-13-14-30(24)16-19-7-3-2-4-8-19/h2-15H,16-17H2,1H3. The maximum absolute atomic E-state index is 14.4. The molecule has 2 aromatic heterocycles. The van der Waals surface area contributed by atoms with Gasteiger partial charge >= 0.3 is 0 Å². The summed E-state index contributed by atoms with van der Waals surface area (Å²) in [7, 11) is 0. The molecule has 0 radical (unpaired) electrons. The summed E-state index contributed by atoms with van der Waals surface area (Å²) in [6.07, 6.45) is 3.72. The van der Waals surface area contributed by atoms with Crippen molar-refractivity contribution in [3.63, 3.8) is 0 Å². The zero-order valence-electron chi connectivity index (χ0n) is 18.0. The number of fused-ring (bicyclic) bond motifs is 1. The normalized spacial score (nSPS) is 11.2. The molecule has 0 aliphatic carbocycles. The van der Waals surface area contributed by atoms with Crippen LogP contribution >= 0.6 is 11.8 Å². The lowest BCUT2D eigenvalue weighted by atomic mass is 10.2. The van der Waals surface area contributed by atoms with E-state index in [1.807, 2.05) is 36.5 Å². The molecule has 7 heteroatoms. The number of aromatic nitrogens is 4. The highest BCUT2D eigenvalue weighted by Gasteiger charge is 2.15. The van der Waals surface area contributed by atoms with Crippen LogP contribution in [0.5, 0.6) is 0 Å². The fourth-order valence-electron chi connectivity index (χ4n) is 3.69. The SMILES string of the molecule is Cc1ccc(-n2c(SCc3nccn3Cc3ccccc3)nc3ccccc3c2=O)cc1F. The number of imidazole rings is 1. The van der Waals surface area contributed by atoms with E-state index in [0.717, 1.165) is 5.82 Å². The molecule has 0 fully saturated rings. The minimum absolute atomic E-state index is 0.223. The number of halogens is 1. The first-order valence-electron chi connectivity index (χ1n) is 10.6. The Morgan fingerprint density at radius 3 is 2.61 bits per heavy atom. The van der Waals surface area contributed by atoms with Crippen LogP contribution in [0.15, 0.2) is 95.1 Å². The lowest BCUT2D eigenvalue weighted by molar-refractivity contribution is 0.615. The van der Waals surface area contributed by atoms with Crippen molar-refractivity contribution < 1.29 is 4.39 Å². The van der Waals surface area contributed by atoms with Gasteiger partial charge in [-0.3, -0.25) is 9.36 Å². The predicted octanol–water partition coefficient (Wildman–Crippen LogP) is 5.37. The van der Waals surface area contributed by atoms with Gasteiger partial charge in [0, 0.05) is 18.9 Å². The predicted molar refractivity (Wildman–Crippen MR) is 129 cm³/mol. The fourth-order valence-corrected chi connectivity index (χ4v) is 4.67. The Bertz CT molecular complexity index is 1490. The first-order valence-corrected chi connectivity index (χ1v) is 11.5. The molecule has 0 amide bonds. The van der Waals surface area contributed by atoms with Gasteiger partial charge in [0.25, 0.3) is 5.56 Å². The fraction of sp³-hybridized carbons (Fsp3) is 0.115. The van der Waals surface area contributed by atoms with E-state index in [1.165, 1.54) is 28.0 Å². The molecule has 164 valence electrons. The third-order valence-corrected chi connectivity index (χ3v) is 6.42. The van der Waals surface area contributed by atoms with Gasteiger partial charge in [0.2, 0.25) is 0 Å². The highest BCUT2D eigenvalue weighted by Crippen LogP contribution is 2.25. The van der Waals surface area contributed by atoms with Crippen LogP contribution in [0.25, 0.3) is 16.6 Å². The molecule has 5 rings (SSSR count). The van der Waals surface area contributed by atoms with Gasteiger partial charge in [-0.1, -0.05) is 60.3 Å². The molecule has 0 bridgehead atoms. The van der Waals surface area contributed by atoms with Gasteiger partial charge in [0.15, 0.2) is 5.16 Å². The molecule has 0 aliphatic heterocycles. The second-order valence-electron chi connectivity index (χ2n) is 7.73. The second-order valence-corrected chi connectivity index (χ2v) is 8.67. The van der Waals surface area contributed by atoms with Crippen molar-refractivity contribution in [1.29, 1.82) is 0 Å². The summed E-state index contributed by atoms with van der Waals surface area (Å²) >= 11 is 1.41. The van der Waals surface area contributed by atoms with Gasteiger partial charge < -0.3 is 4.57 Å². The van der Waals surface area contributed by atoms with Gasteiger partial charge in [0.05, 0.1) is 22.3 Å². The molecule has 0 saturated heterocycles. The van der Waals surface area contributed by atoms with E-state index in [0.29, 0.717) is 39.6 Å². The quantitative estimate of drug-likeness (QED) is 0.255. The molecule has 2 heterocycles. The van der Waals surface area contributed by atoms with Gasteiger partial charge in [-0.15, -0.1) is 0 Å². The first kappa shape index (κ1) is 21.2. The summed E-state index contributed by atoms with van der Waals surface area (Å²) in [6.45, 7) is 2.40. The average molecular weight is 457 g/mol. The molecule has 0 N–H and O–H groups in total. The van der Waals surface area contributed by atoms with Crippen LogP contribution in [0.1, 0.15) is 17.0 Å². The average Bonchev–Trinajstić information content (AvgIpc) is 3.27. The summed E-state index contributed by atoms with van der Waals surface area (Å²) in [5.41, 5.74) is 2.55. The topological polar surface area (TPSA) is 52.7 Å². The molecule has 0 atom stereocenters. The van der Waals surface area contributed by atoms with Crippen molar-refractivity contribution in [2.45, 2.75) is 24.4 Å². The van der Waals surface area contributed by atoms with Gasteiger partial charge in [0.1, 0.15) is 11.6 Å². The van der Waals surface area contributed by atoms with E-state index in [-0.39, 0.29) is 11.4 Å². The summed E-state index contributed by atoms with van der Waals surface area (Å²) in [4.78, 5) is 22.6. The van der Waals surface area contributed by atoms with Crippen LogP contribution in [-0.2, 0) is 12.3 Å². The molecule has 0 aliphatic rings. The monoisotopic (exact) mass is 456 g/mol. The second kappa shape index (κ2) is 9.03. The minimum atomic E-state index is -0.359. The van der Waals surface area contributed by atoms with E-state index in [1.54, 1.807) is 37.4 Å². The van der Waals surface area contributed by atoms with Crippen molar-refractivity contribution in [2.75, 3.05) is 0 Å². The summed E-state index contributed by atoms with van der Waals surface area (Å²) in [5, 5.41) is 0.990. The van der Waals surface area contributed by atoms with Crippen LogP contribution in [-0.4, -0.2) is 19.1 Å². The zero-order valence-corrected chi connectivity index (χ0v) is 18.8.